The van der Waals surface area contributed by atoms with E-state index in [-0.39, 0.29) is 24.0 Å². The van der Waals surface area contributed by atoms with Crippen LogP contribution in [-0.2, 0) is 12.2 Å². The molecule has 6 rings (SSSR count). The zero-order valence-electron chi connectivity index (χ0n) is 22.0. The highest BCUT2D eigenvalue weighted by Gasteiger charge is 2.46. The lowest BCUT2D eigenvalue weighted by atomic mass is 9.64. The first kappa shape index (κ1) is 27.9. The number of nitrogens with zero attached hydrogens (tertiary/aromatic N) is 1. The number of benzene rings is 3. The molecule has 212 valence electrons. The van der Waals surface area contributed by atoms with Gasteiger partial charge in [0.15, 0.2) is 0 Å². The summed E-state index contributed by atoms with van der Waals surface area (Å²) in [7, 11) is 1.54. The third-order valence-electron chi connectivity index (χ3n) is 7.88. The van der Waals surface area contributed by atoms with Crippen molar-refractivity contribution in [2.24, 2.45) is 0 Å². The molecule has 1 heterocycles. The summed E-state index contributed by atoms with van der Waals surface area (Å²) in [6.07, 6.45) is 2.79. The number of rotatable bonds is 9. The third kappa shape index (κ3) is 5.28. The summed E-state index contributed by atoms with van der Waals surface area (Å²) >= 11 is 19.6. The number of aromatic carboxylic acids is 1. The van der Waals surface area contributed by atoms with Crippen LogP contribution in [0.5, 0.6) is 11.5 Å². The Balaban J connectivity index is 1.20. The molecular formula is C31H26Cl3NO6. The first-order valence-corrected chi connectivity index (χ1v) is 14.3. The molecule has 3 aromatic carbocycles. The number of ether oxygens (including phenoxy) is 2. The van der Waals surface area contributed by atoms with Gasteiger partial charge in [0, 0.05) is 17.0 Å². The molecule has 7 nitrogen and oxygen atoms in total. The zero-order valence-corrected chi connectivity index (χ0v) is 24.3. The Kier molecular flexibility index (Phi) is 7.41. The van der Waals surface area contributed by atoms with Crippen LogP contribution in [0.3, 0.4) is 0 Å². The number of methoxy groups -OCH3 is 1. The van der Waals surface area contributed by atoms with E-state index < -0.39 is 11.6 Å². The molecule has 10 heteroatoms. The van der Waals surface area contributed by atoms with Crippen molar-refractivity contribution in [2.45, 2.75) is 49.7 Å². The summed E-state index contributed by atoms with van der Waals surface area (Å²) in [4.78, 5) is 11.5. The lowest BCUT2D eigenvalue weighted by Gasteiger charge is -2.45. The predicted molar refractivity (Wildman–Crippen MR) is 156 cm³/mol. The molecule has 4 aromatic rings. The molecule has 0 spiro atoms. The van der Waals surface area contributed by atoms with Crippen LogP contribution >= 0.6 is 34.8 Å². The number of carbonyl (C=O) groups is 1. The Labute approximate surface area is 251 Å². The third-order valence-corrected chi connectivity index (χ3v) is 8.82. The topological polar surface area (TPSA) is 102 Å². The van der Waals surface area contributed by atoms with E-state index in [2.05, 4.69) is 5.16 Å². The van der Waals surface area contributed by atoms with Crippen molar-refractivity contribution in [3.63, 3.8) is 0 Å². The summed E-state index contributed by atoms with van der Waals surface area (Å²) in [5.74, 6) is 1.08. The molecule has 0 unspecified atom stereocenters. The Morgan fingerprint density at radius 1 is 1.02 bits per heavy atom. The molecule has 0 radical (unpaired) electrons. The second-order valence-electron chi connectivity index (χ2n) is 10.6. The number of hydrogen-bond acceptors (Lipinski definition) is 6. The van der Waals surface area contributed by atoms with Crippen LogP contribution < -0.4 is 9.47 Å². The van der Waals surface area contributed by atoms with E-state index >= 15 is 0 Å². The molecule has 0 aliphatic heterocycles. The fourth-order valence-electron chi connectivity index (χ4n) is 5.55. The van der Waals surface area contributed by atoms with Crippen molar-refractivity contribution < 1.29 is 29.0 Å². The number of hydrogen-bond donors (Lipinski definition) is 2. The average Bonchev–Trinajstić information content (AvgIpc) is 3.69. The number of halogens is 3. The summed E-state index contributed by atoms with van der Waals surface area (Å²) < 4.78 is 17.3. The van der Waals surface area contributed by atoms with Gasteiger partial charge in [-0.15, -0.1) is 0 Å². The lowest BCUT2D eigenvalue weighted by molar-refractivity contribution is -0.0553. The van der Waals surface area contributed by atoms with Crippen LogP contribution in [0.25, 0.3) is 11.3 Å². The van der Waals surface area contributed by atoms with Crippen LogP contribution in [-0.4, -0.2) is 28.4 Å². The molecule has 0 bridgehead atoms. The van der Waals surface area contributed by atoms with E-state index in [1.54, 1.807) is 55.6 Å². The van der Waals surface area contributed by atoms with Crippen molar-refractivity contribution >= 4 is 40.8 Å². The molecule has 2 aliphatic rings. The smallest absolute Gasteiger partial charge is 0.335 e. The Morgan fingerprint density at radius 2 is 1.76 bits per heavy atom. The minimum Gasteiger partial charge on any atom is -0.496 e. The first-order valence-electron chi connectivity index (χ1n) is 13.2. The van der Waals surface area contributed by atoms with Gasteiger partial charge < -0.3 is 24.2 Å². The Morgan fingerprint density at radius 3 is 2.39 bits per heavy atom. The number of aliphatic hydroxyl groups is 1. The SMILES string of the molecule is COc1ccc(C(=O)O)cc1C1CC(O)(c2ccc(OCc3c(-c4c(Cl)cccc4Cl)noc3C3CC3)cc2Cl)C1. The Hall–Kier alpha value is -3.23. The van der Waals surface area contributed by atoms with E-state index in [9.17, 15) is 15.0 Å². The highest BCUT2D eigenvalue weighted by Crippen LogP contribution is 2.54. The highest BCUT2D eigenvalue weighted by atomic mass is 35.5. The molecule has 41 heavy (non-hydrogen) atoms. The van der Waals surface area contributed by atoms with Crippen LogP contribution in [0, 0.1) is 0 Å². The normalized spacial score (nSPS) is 20.0. The maximum Gasteiger partial charge on any atom is 0.335 e. The van der Waals surface area contributed by atoms with Crippen LogP contribution in [0.1, 0.15) is 70.3 Å². The van der Waals surface area contributed by atoms with Crippen LogP contribution in [0.15, 0.2) is 59.1 Å². The highest BCUT2D eigenvalue weighted by molar-refractivity contribution is 6.39. The van der Waals surface area contributed by atoms with Crippen molar-refractivity contribution in [2.75, 3.05) is 7.11 Å². The minimum atomic E-state index is -1.16. The van der Waals surface area contributed by atoms with Gasteiger partial charge >= 0.3 is 5.97 Å². The summed E-state index contributed by atoms with van der Waals surface area (Å²) in [5, 5.41) is 26.4. The van der Waals surface area contributed by atoms with Crippen molar-refractivity contribution in [3.05, 3.63) is 97.7 Å². The van der Waals surface area contributed by atoms with Gasteiger partial charge in [-0.1, -0.05) is 52.1 Å². The van der Waals surface area contributed by atoms with Crippen LogP contribution in [0.2, 0.25) is 15.1 Å². The van der Waals surface area contributed by atoms with Gasteiger partial charge in [-0.3, -0.25) is 0 Å². The van der Waals surface area contributed by atoms with Gasteiger partial charge in [0.2, 0.25) is 0 Å². The number of carboxylic acid groups (broad SMARTS) is 1. The van der Waals surface area contributed by atoms with Crippen molar-refractivity contribution in [1.29, 1.82) is 0 Å². The monoisotopic (exact) mass is 613 g/mol. The molecule has 2 fully saturated rings. The second kappa shape index (κ2) is 10.9. The van der Waals surface area contributed by atoms with Gasteiger partial charge in [0.25, 0.3) is 0 Å². The number of carboxylic acids is 1. The van der Waals surface area contributed by atoms with Crippen molar-refractivity contribution in [3.8, 4) is 22.8 Å². The molecule has 0 saturated heterocycles. The van der Waals surface area contributed by atoms with Gasteiger partial charge in [-0.25, -0.2) is 4.79 Å². The van der Waals surface area contributed by atoms with Crippen molar-refractivity contribution in [1.82, 2.24) is 5.16 Å². The van der Waals surface area contributed by atoms with E-state index in [0.29, 0.717) is 56.2 Å². The molecule has 1 aromatic heterocycles. The fraction of sp³-hybridized carbons (Fsp3) is 0.290. The molecule has 2 aliphatic carbocycles. The standard InChI is InChI=1S/C31H26Cl3NO6/c1-39-26-10-7-17(30(36)37)11-20(26)18-13-31(38,14-18)22-9-8-19(12-25(22)34)40-15-21-28(35-41-29(21)16-5-6-16)27-23(32)3-2-4-24(27)33/h2-4,7-12,16,18,38H,5-6,13-15H2,1H3,(H,36,37). The average molecular weight is 615 g/mol. The molecular weight excluding hydrogens is 589 g/mol. The van der Waals surface area contributed by atoms with Gasteiger partial charge in [-0.05, 0) is 79.6 Å². The largest absolute Gasteiger partial charge is 0.496 e. The molecule has 2 N–H and O–H groups in total. The van der Waals surface area contributed by atoms with E-state index in [1.165, 1.54) is 6.07 Å². The number of aromatic nitrogens is 1. The maximum atomic E-state index is 11.5. The summed E-state index contributed by atoms with van der Waals surface area (Å²) in [6.45, 7) is 0.175. The molecule has 0 atom stereocenters. The lowest BCUT2D eigenvalue weighted by Crippen LogP contribution is -2.40. The van der Waals surface area contributed by atoms with Gasteiger partial charge in [0.1, 0.15) is 29.6 Å². The van der Waals surface area contributed by atoms with E-state index in [0.717, 1.165) is 29.7 Å². The zero-order chi connectivity index (χ0) is 28.9. The van der Waals surface area contributed by atoms with E-state index in [1.807, 2.05) is 0 Å². The van der Waals surface area contributed by atoms with Gasteiger partial charge in [0.05, 0.1) is 38.9 Å². The maximum absolute atomic E-state index is 11.5. The minimum absolute atomic E-state index is 0.0780. The summed E-state index contributed by atoms with van der Waals surface area (Å²) in [5.41, 5.74) is 2.31. The van der Waals surface area contributed by atoms with Crippen LogP contribution in [0.4, 0.5) is 0 Å². The fourth-order valence-corrected chi connectivity index (χ4v) is 6.47. The molecule has 2 saturated carbocycles. The second-order valence-corrected chi connectivity index (χ2v) is 11.8. The molecule has 0 amide bonds. The summed E-state index contributed by atoms with van der Waals surface area (Å²) in [6, 6.07) is 15.3. The quantitative estimate of drug-likeness (QED) is 0.196. The predicted octanol–water partition coefficient (Wildman–Crippen LogP) is 8.23. The Bertz CT molecular complexity index is 1620. The van der Waals surface area contributed by atoms with E-state index in [4.69, 9.17) is 48.8 Å². The van der Waals surface area contributed by atoms with Gasteiger partial charge in [-0.2, -0.15) is 0 Å². The first-order chi connectivity index (χ1) is 19.7.